The summed E-state index contributed by atoms with van der Waals surface area (Å²) in [6, 6.07) is 5.30. The van der Waals surface area contributed by atoms with E-state index in [1.165, 1.54) is 6.08 Å². The number of aryl methyl sites for hydroxylation is 1. The number of carboxylic acids is 2. The van der Waals surface area contributed by atoms with Crippen molar-refractivity contribution in [2.24, 2.45) is 0 Å². The van der Waals surface area contributed by atoms with Crippen molar-refractivity contribution >= 4 is 33.9 Å². The third kappa shape index (κ3) is 4.82. The highest BCUT2D eigenvalue weighted by atomic mass is 79.9. The first-order valence-electron chi connectivity index (χ1n) is 4.90. The predicted octanol–water partition coefficient (Wildman–Crippen LogP) is 2.56. The van der Waals surface area contributed by atoms with Gasteiger partial charge < -0.3 is 10.2 Å². The van der Waals surface area contributed by atoms with E-state index in [0.717, 1.165) is 21.7 Å². The van der Waals surface area contributed by atoms with Gasteiger partial charge in [-0.1, -0.05) is 28.1 Å². The van der Waals surface area contributed by atoms with Gasteiger partial charge in [-0.25, -0.2) is 4.79 Å². The summed E-state index contributed by atoms with van der Waals surface area (Å²) in [5.74, 6) is -1.84. The minimum absolute atomic E-state index is 0.0723. The van der Waals surface area contributed by atoms with Crippen molar-refractivity contribution in [1.29, 1.82) is 0 Å². The fraction of sp³-hybridized carbons (Fsp3) is 0.167. The first-order valence-corrected chi connectivity index (χ1v) is 5.69. The van der Waals surface area contributed by atoms with Gasteiger partial charge in [0.2, 0.25) is 0 Å². The summed E-state index contributed by atoms with van der Waals surface area (Å²) in [5, 5.41) is 17.1. The smallest absolute Gasteiger partial charge is 0.328 e. The number of rotatable bonds is 5. The fourth-order valence-corrected chi connectivity index (χ4v) is 1.87. The molecule has 90 valence electrons. The molecule has 1 rings (SSSR count). The van der Waals surface area contributed by atoms with Gasteiger partial charge in [0.25, 0.3) is 0 Å². The maximum absolute atomic E-state index is 10.4. The van der Waals surface area contributed by atoms with E-state index in [1.807, 2.05) is 0 Å². The zero-order valence-corrected chi connectivity index (χ0v) is 10.5. The normalized spacial score (nSPS) is 10.6. The predicted molar refractivity (Wildman–Crippen MR) is 66.8 cm³/mol. The van der Waals surface area contributed by atoms with Crippen LogP contribution in [0.25, 0.3) is 6.08 Å². The van der Waals surface area contributed by atoms with E-state index in [4.69, 9.17) is 10.2 Å². The van der Waals surface area contributed by atoms with Gasteiger partial charge in [0.1, 0.15) is 0 Å². The zero-order chi connectivity index (χ0) is 12.8. The number of benzene rings is 1. The Bertz CT molecular complexity index is 466. The first kappa shape index (κ1) is 13.4. The van der Waals surface area contributed by atoms with Crippen molar-refractivity contribution < 1.29 is 19.8 Å². The summed E-state index contributed by atoms with van der Waals surface area (Å²) in [6.45, 7) is 0. The molecule has 2 N–H and O–H groups in total. The van der Waals surface area contributed by atoms with Gasteiger partial charge in [-0.3, -0.25) is 4.79 Å². The lowest BCUT2D eigenvalue weighted by molar-refractivity contribution is -0.137. The molecular formula is C12H11BrO4. The summed E-state index contributed by atoms with van der Waals surface area (Å²) in [5.41, 5.74) is 1.64. The number of aliphatic carboxylic acids is 2. The Morgan fingerprint density at radius 2 is 2.00 bits per heavy atom. The van der Waals surface area contributed by atoms with Gasteiger partial charge in [-0.2, -0.15) is 0 Å². The molecule has 1 aromatic carbocycles. The maximum atomic E-state index is 10.4. The molecule has 0 atom stereocenters. The van der Waals surface area contributed by atoms with Gasteiger partial charge in [0.05, 0.1) is 0 Å². The molecule has 5 heteroatoms. The van der Waals surface area contributed by atoms with Crippen molar-refractivity contribution in [3.63, 3.8) is 0 Å². The third-order valence-corrected chi connectivity index (χ3v) is 2.84. The van der Waals surface area contributed by atoms with Crippen LogP contribution in [0.3, 0.4) is 0 Å². The van der Waals surface area contributed by atoms with E-state index in [0.29, 0.717) is 6.42 Å². The second kappa shape index (κ2) is 6.20. The van der Waals surface area contributed by atoms with Crippen LogP contribution in [0.4, 0.5) is 0 Å². The molecule has 17 heavy (non-hydrogen) atoms. The van der Waals surface area contributed by atoms with E-state index in [1.54, 1.807) is 18.2 Å². The lowest BCUT2D eigenvalue weighted by Crippen LogP contribution is -1.98. The van der Waals surface area contributed by atoms with E-state index in [-0.39, 0.29) is 6.42 Å². The second-order valence-electron chi connectivity index (χ2n) is 3.42. The average Bonchev–Trinajstić information content (AvgIpc) is 2.24. The molecule has 0 aliphatic carbocycles. The lowest BCUT2D eigenvalue weighted by Gasteiger charge is -2.03. The van der Waals surface area contributed by atoms with Gasteiger partial charge in [0, 0.05) is 17.0 Å². The number of carboxylic acid groups (broad SMARTS) is 2. The minimum Gasteiger partial charge on any atom is -0.481 e. The standard InChI is InChI=1S/C12H11BrO4/c13-10-7-8(2-5-11(14)15)1-3-9(10)4-6-12(16)17/h1-3,5,7H,4,6H2,(H,14,15)(H,16,17)/b5-2+. The Hall–Kier alpha value is -1.62. The molecule has 4 nitrogen and oxygen atoms in total. The second-order valence-corrected chi connectivity index (χ2v) is 4.27. The van der Waals surface area contributed by atoms with Crippen LogP contribution in [-0.4, -0.2) is 22.2 Å². The molecule has 0 aliphatic heterocycles. The molecule has 1 aromatic rings. The highest BCUT2D eigenvalue weighted by molar-refractivity contribution is 9.10. The summed E-state index contributed by atoms with van der Waals surface area (Å²) in [4.78, 5) is 20.8. The molecule has 0 amide bonds. The van der Waals surface area contributed by atoms with Crippen LogP contribution in [0.2, 0.25) is 0 Å². The molecule has 0 aromatic heterocycles. The first-order chi connectivity index (χ1) is 7.99. The van der Waals surface area contributed by atoms with Crippen LogP contribution >= 0.6 is 15.9 Å². The highest BCUT2D eigenvalue weighted by Crippen LogP contribution is 2.20. The Morgan fingerprint density at radius 3 is 2.53 bits per heavy atom. The van der Waals surface area contributed by atoms with Gasteiger partial charge in [0.15, 0.2) is 0 Å². The Morgan fingerprint density at radius 1 is 1.29 bits per heavy atom. The summed E-state index contributed by atoms with van der Waals surface area (Å²) < 4.78 is 0.784. The van der Waals surface area contributed by atoms with E-state index in [9.17, 15) is 9.59 Å². The van der Waals surface area contributed by atoms with Crippen LogP contribution in [0.1, 0.15) is 17.5 Å². The molecule has 0 spiro atoms. The van der Waals surface area contributed by atoms with Crippen molar-refractivity contribution in [1.82, 2.24) is 0 Å². The van der Waals surface area contributed by atoms with E-state index < -0.39 is 11.9 Å². The topological polar surface area (TPSA) is 74.6 Å². The van der Waals surface area contributed by atoms with Crippen LogP contribution in [0.5, 0.6) is 0 Å². The monoisotopic (exact) mass is 298 g/mol. The van der Waals surface area contributed by atoms with Gasteiger partial charge >= 0.3 is 11.9 Å². The number of hydrogen-bond acceptors (Lipinski definition) is 2. The minimum atomic E-state index is -1.00. The molecule has 0 saturated heterocycles. The maximum Gasteiger partial charge on any atom is 0.328 e. The van der Waals surface area contributed by atoms with Crippen molar-refractivity contribution in [2.75, 3.05) is 0 Å². The number of halogens is 1. The Balaban J connectivity index is 2.79. The van der Waals surface area contributed by atoms with E-state index in [2.05, 4.69) is 15.9 Å². The SMILES string of the molecule is O=C(O)/C=C/c1ccc(CCC(=O)O)c(Br)c1. The molecular weight excluding hydrogens is 288 g/mol. The molecule has 0 fully saturated rings. The fourth-order valence-electron chi connectivity index (χ4n) is 1.28. The molecule has 0 saturated carbocycles. The number of hydrogen-bond donors (Lipinski definition) is 2. The van der Waals surface area contributed by atoms with Crippen molar-refractivity contribution in [2.45, 2.75) is 12.8 Å². The number of carbonyl (C=O) groups is 2. The summed E-state index contributed by atoms with van der Waals surface area (Å²) in [6.07, 6.45) is 3.05. The molecule has 0 aliphatic rings. The average molecular weight is 299 g/mol. The van der Waals surface area contributed by atoms with Crippen LogP contribution in [0.15, 0.2) is 28.7 Å². The molecule has 0 heterocycles. The van der Waals surface area contributed by atoms with Crippen molar-refractivity contribution in [3.05, 3.63) is 39.9 Å². The summed E-state index contributed by atoms with van der Waals surface area (Å²) >= 11 is 3.33. The third-order valence-electron chi connectivity index (χ3n) is 2.10. The molecule has 0 unspecified atom stereocenters. The molecule has 0 radical (unpaired) electrons. The quantitative estimate of drug-likeness (QED) is 0.819. The van der Waals surface area contributed by atoms with Crippen LogP contribution in [-0.2, 0) is 16.0 Å². The summed E-state index contributed by atoms with van der Waals surface area (Å²) in [7, 11) is 0. The Kier molecular flexibility index (Phi) is 4.90. The highest BCUT2D eigenvalue weighted by Gasteiger charge is 2.03. The van der Waals surface area contributed by atoms with Crippen LogP contribution in [0, 0.1) is 0 Å². The van der Waals surface area contributed by atoms with Gasteiger partial charge in [-0.15, -0.1) is 0 Å². The molecule has 0 bridgehead atoms. The zero-order valence-electron chi connectivity index (χ0n) is 8.89. The largest absolute Gasteiger partial charge is 0.481 e. The Labute approximate surface area is 107 Å². The lowest BCUT2D eigenvalue weighted by atomic mass is 10.1. The van der Waals surface area contributed by atoms with Crippen LogP contribution < -0.4 is 0 Å². The van der Waals surface area contributed by atoms with Gasteiger partial charge in [-0.05, 0) is 29.7 Å². The van der Waals surface area contributed by atoms with Crippen molar-refractivity contribution in [3.8, 4) is 0 Å². The van der Waals surface area contributed by atoms with E-state index >= 15 is 0 Å².